The highest BCUT2D eigenvalue weighted by molar-refractivity contribution is 6.38. The first-order chi connectivity index (χ1) is 20.6. The van der Waals surface area contributed by atoms with Crippen molar-refractivity contribution in [3.63, 3.8) is 0 Å². The van der Waals surface area contributed by atoms with Gasteiger partial charge in [-0.1, -0.05) is 83.9 Å². The number of nitrogens with one attached hydrogen (secondary N) is 1. The van der Waals surface area contributed by atoms with Crippen LogP contribution < -0.4 is 4.90 Å². The number of rotatable bonds is 6. The lowest BCUT2D eigenvalue weighted by Crippen LogP contribution is -2.14. The molecule has 0 amide bonds. The van der Waals surface area contributed by atoms with Gasteiger partial charge >= 0.3 is 0 Å². The van der Waals surface area contributed by atoms with Crippen LogP contribution in [0.2, 0.25) is 0 Å². The van der Waals surface area contributed by atoms with Crippen molar-refractivity contribution in [1.29, 1.82) is 0 Å². The van der Waals surface area contributed by atoms with Crippen LogP contribution in [0.25, 0.3) is 22.4 Å². The van der Waals surface area contributed by atoms with Crippen molar-refractivity contribution in [3.05, 3.63) is 144 Å². The molecule has 204 valence electrons. The van der Waals surface area contributed by atoms with Crippen molar-refractivity contribution in [1.82, 2.24) is 9.97 Å². The molecule has 1 atom stereocenters. The minimum atomic E-state index is 0.0105. The Morgan fingerprint density at radius 3 is 1.79 bits per heavy atom. The Labute approximate surface area is 246 Å². The zero-order chi connectivity index (χ0) is 28.5. The number of aromatic nitrogens is 2. The molecule has 0 aliphatic carbocycles. The number of fused-ring (bicyclic) bond motifs is 1. The molecule has 0 fully saturated rings. The van der Waals surface area contributed by atoms with Crippen LogP contribution in [-0.4, -0.2) is 28.4 Å². The maximum Gasteiger partial charge on any atom is 0.138 e. The SMILES string of the molecule is Cc1ccc(N(c2ccc(C)cc2)c2ccc(C3=NCC(c4ccc(-c5nc6ccccc6[nH]5)cc4)N=C3)cc2)cc1. The van der Waals surface area contributed by atoms with Crippen molar-refractivity contribution < 1.29 is 0 Å². The first-order valence-corrected chi connectivity index (χ1v) is 14.3. The Hall–Kier alpha value is -5.29. The van der Waals surface area contributed by atoms with Gasteiger partial charge < -0.3 is 9.88 Å². The van der Waals surface area contributed by atoms with E-state index in [2.05, 4.69) is 121 Å². The highest BCUT2D eigenvalue weighted by Crippen LogP contribution is 2.35. The van der Waals surface area contributed by atoms with Gasteiger partial charge in [-0.05, 0) is 67.9 Å². The molecular formula is C37H31N5. The fourth-order valence-electron chi connectivity index (χ4n) is 5.36. The average molecular weight is 546 g/mol. The van der Waals surface area contributed by atoms with Gasteiger partial charge in [-0.3, -0.25) is 9.98 Å². The average Bonchev–Trinajstić information content (AvgIpc) is 3.48. The minimum Gasteiger partial charge on any atom is -0.338 e. The van der Waals surface area contributed by atoms with E-state index in [-0.39, 0.29) is 6.04 Å². The van der Waals surface area contributed by atoms with E-state index in [1.165, 1.54) is 11.1 Å². The molecule has 1 aliphatic rings. The Morgan fingerprint density at radius 1 is 0.643 bits per heavy atom. The first kappa shape index (κ1) is 25.7. The van der Waals surface area contributed by atoms with E-state index in [9.17, 15) is 0 Å². The van der Waals surface area contributed by atoms with Crippen LogP contribution in [0.3, 0.4) is 0 Å². The van der Waals surface area contributed by atoms with E-state index >= 15 is 0 Å². The normalized spacial score (nSPS) is 14.6. The Morgan fingerprint density at radius 2 is 1.21 bits per heavy atom. The molecule has 0 bridgehead atoms. The van der Waals surface area contributed by atoms with E-state index in [0.29, 0.717) is 6.54 Å². The number of H-pyrrole nitrogens is 1. The summed E-state index contributed by atoms with van der Waals surface area (Å²) >= 11 is 0. The molecule has 1 unspecified atom stereocenters. The highest BCUT2D eigenvalue weighted by atomic mass is 15.1. The third kappa shape index (κ3) is 5.13. The molecule has 42 heavy (non-hydrogen) atoms. The number of hydrogen-bond acceptors (Lipinski definition) is 4. The summed E-state index contributed by atoms with van der Waals surface area (Å²) in [5.74, 6) is 0.877. The zero-order valence-corrected chi connectivity index (χ0v) is 23.7. The number of benzene rings is 5. The largest absolute Gasteiger partial charge is 0.338 e. The maximum atomic E-state index is 4.91. The van der Waals surface area contributed by atoms with Gasteiger partial charge in [0, 0.05) is 34.4 Å². The number of nitrogens with zero attached hydrogens (tertiary/aromatic N) is 4. The van der Waals surface area contributed by atoms with E-state index in [0.717, 1.165) is 56.3 Å². The van der Waals surface area contributed by atoms with E-state index in [1.54, 1.807) is 0 Å². The van der Waals surface area contributed by atoms with Gasteiger partial charge in [-0.25, -0.2) is 4.98 Å². The molecule has 5 heteroatoms. The number of anilines is 3. The summed E-state index contributed by atoms with van der Waals surface area (Å²) in [5, 5.41) is 0. The third-order valence-electron chi connectivity index (χ3n) is 7.78. The zero-order valence-electron chi connectivity index (χ0n) is 23.7. The number of hydrogen-bond donors (Lipinski definition) is 1. The monoisotopic (exact) mass is 545 g/mol. The number of aliphatic imine (C=N–C) groups is 2. The molecule has 0 saturated heterocycles. The molecule has 0 saturated carbocycles. The van der Waals surface area contributed by atoms with Crippen molar-refractivity contribution in [2.75, 3.05) is 11.4 Å². The van der Waals surface area contributed by atoms with Gasteiger partial charge in [0.25, 0.3) is 0 Å². The molecule has 0 spiro atoms. The lowest BCUT2D eigenvalue weighted by atomic mass is 10.0. The summed E-state index contributed by atoms with van der Waals surface area (Å²) in [7, 11) is 0. The molecule has 0 radical (unpaired) electrons. The standard InChI is InChI=1S/C37H31N5/c1-25-7-17-30(18-8-25)42(31-19-9-26(2)10-20-31)32-21-15-28(16-22-32)36-24-38-35(23-39-36)27-11-13-29(14-12-27)37-40-33-5-3-4-6-34(33)41-37/h3-22,24,35H,23H2,1-2H3,(H,40,41). The predicted octanol–water partition coefficient (Wildman–Crippen LogP) is 8.93. The quantitative estimate of drug-likeness (QED) is 0.227. The Balaban J connectivity index is 1.08. The number of aromatic amines is 1. The van der Waals surface area contributed by atoms with Gasteiger partial charge in [0.15, 0.2) is 0 Å². The molecular weight excluding hydrogens is 514 g/mol. The first-order valence-electron chi connectivity index (χ1n) is 14.3. The highest BCUT2D eigenvalue weighted by Gasteiger charge is 2.17. The van der Waals surface area contributed by atoms with Crippen LogP contribution in [0.1, 0.15) is 28.3 Å². The fraction of sp³-hybridized carbons (Fsp3) is 0.108. The van der Waals surface area contributed by atoms with Crippen LogP contribution in [-0.2, 0) is 0 Å². The molecule has 5 nitrogen and oxygen atoms in total. The molecule has 6 aromatic rings. The summed E-state index contributed by atoms with van der Waals surface area (Å²) in [6, 6.07) is 42.5. The smallest absolute Gasteiger partial charge is 0.138 e. The van der Waals surface area contributed by atoms with Crippen LogP contribution >= 0.6 is 0 Å². The topological polar surface area (TPSA) is 56.6 Å². The van der Waals surface area contributed by atoms with Gasteiger partial charge in [-0.2, -0.15) is 0 Å². The summed E-state index contributed by atoms with van der Waals surface area (Å²) in [4.78, 5) is 20.2. The van der Waals surface area contributed by atoms with Crippen molar-refractivity contribution in [3.8, 4) is 11.4 Å². The van der Waals surface area contributed by atoms with Crippen LogP contribution in [0.5, 0.6) is 0 Å². The number of aryl methyl sites for hydroxylation is 2. The molecule has 5 aromatic carbocycles. The van der Waals surface area contributed by atoms with Gasteiger partial charge in [0.05, 0.1) is 29.3 Å². The summed E-state index contributed by atoms with van der Waals surface area (Å²) in [6.45, 7) is 4.85. The number of imidazole rings is 1. The lowest BCUT2D eigenvalue weighted by Gasteiger charge is -2.26. The second kappa shape index (κ2) is 10.9. The Bertz CT molecular complexity index is 1820. The third-order valence-corrected chi connectivity index (χ3v) is 7.78. The Kier molecular flexibility index (Phi) is 6.68. The van der Waals surface area contributed by atoms with Gasteiger partial charge in [0.2, 0.25) is 0 Å². The molecule has 1 aromatic heterocycles. The van der Waals surface area contributed by atoms with E-state index in [1.807, 2.05) is 30.5 Å². The van der Waals surface area contributed by atoms with E-state index < -0.39 is 0 Å². The summed E-state index contributed by atoms with van der Waals surface area (Å²) in [5.41, 5.74) is 12.0. The minimum absolute atomic E-state index is 0.0105. The molecule has 1 N–H and O–H groups in total. The lowest BCUT2D eigenvalue weighted by molar-refractivity contribution is 0.738. The second-order valence-corrected chi connectivity index (χ2v) is 10.8. The fourth-order valence-corrected chi connectivity index (χ4v) is 5.36. The molecule has 2 heterocycles. The van der Waals surface area contributed by atoms with E-state index in [4.69, 9.17) is 15.0 Å². The van der Waals surface area contributed by atoms with Gasteiger partial charge in [0.1, 0.15) is 5.82 Å². The van der Waals surface area contributed by atoms with Crippen molar-refractivity contribution in [2.45, 2.75) is 19.9 Å². The number of para-hydroxylation sites is 2. The summed E-state index contributed by atoms with van der Waals surface area (Å²) in [6.07, 6.45) is 1.91. The summed E-state index contributed by atoms with van der Waals surface area (Å²) < 4.78 is 0. The van der Waals surface area contributed by atoms with Gasteiger partial charge in [-0.15, -0.1) is 0 Å². The molecule has 7 rings (SSSR count). The second-order valence-electron chi connectivity index (χ2n) is 10.8. The van der Waals surface area contributed by atoms with Crippen LogP contribution in [0.15, 0.2) is 131 Å². The van der Waals surface area contributed by atoms with Crippen molar-refractivity contribution >= 4 is 40.0 Å². The molecule has 1 aliphatic heterocycles. The van der Waals surface area contributed by atoms with Crippen molar-refractivity contribution in [2.24, 2.45) is 9.98 Å². The van der Waals surface area contributed by atoms with Crippen LogP contribution in [0, 0.1) is 13.8 Å². The maximum absolute atomic E-state index is 4.91. The predicted molar refractivity (Wildman–Crippen MR) is 175 cm³/mol. The van der Waals surface area contributed by atoms with Crippen LogP contribution in [0.4, 0.5) is 17.1 Å².